The van der Waals surface area contributed by atoms with Crippen molar-refractivity contribution in [2.24, 2.45) is 5.92 Å². The van der Waals surface area contributed by atoms with Gasteiger partial charge in [-0.1, -0.05) is 6.92 Å². The quantitative estimate of drug-likeness (QED) is 0.819. The predicted octanol–water partition coefficient (Wildman–Crippen LogP) is 2.30. The van der Waals surface area contributed by atoms with Crippen molar-refractivity contribution in [2.45, 2.75) is 38.5 Å². The molecule has 0 radical (unpaired) electrons. The highest BCUT2D eigenvalue weighted by Crippen LogP contribution is 2.24. The first kappa shape index (κ1) is 15.8. The number of carbonyl (C=O) groups excluding carboxylic acids is 1. The third-order valence-electron chi connectivity index (χ3n) is 3.77. The molecule has 0 bridgehead atoms. The molecule has 20 heavy (non-hydrogen) atoms. The van der Waals surface area contributed by atoms with Crippen molar-refractivity contribution in [2.75, 3.05) is 18.9 Å². The van der Waals surface area contributed by atoms with E-state index in [0.29, 0.717) is 12.3 Å². The lowest BCUT2D eigenvalue weighted by Gasteiger charge is -2.25. The second kappa shape index (κ2) is 7.43. The number of likely N-dealkylation sites (tertiary alicyclic amines) is 1. The van der Waals surface area contributed by atoms with Crippen LogP contribution < -0.4 is 0 Å². The smallest absolute Gasteiger partial charge is 0.223 e. The first-order valence-electron chi connectivity index (χ1n) is 7.01. The summed E-state index contributed by atoms with van der Waals surface area (Å²) in [4.78, 5) is 18.4. The summed E-state index contributed by atoms with van der Waals surface area (Å²) in [6.45, 7) is 4.98. The predicted molar refractivity (Wildman–Crippen MR) is 84.0 cm³/mol. The Kier molecular flexibility index (Phi) is 5.86. The summed E-state index contributed by atoms with van der Waals surface area (Å²) in [5, 5.41) is 12.5. The van der Waals surface area contributed by atoms with Gasteiger partial charge in [-0.15, -0.1) is 11.3 Å². The molecule has 1 aliphatic heterocycles. The van der Waals surface area contributed by atoms with Crippen LogP contribution in [-0.4, -0.2) is 45.8 Å². The number of thioether (sulfide) groups is 1. The van der Waals surface area contributed by atoms with Crippen LogP contribution in [0, 0.1) is 12.8 Å². The number of aryl methyl sites for hydroxylation is 1. The van der Waals surface area contributed by atoms with Crippen LogP contribution in [0.15, 0.2) is 5.38 Å². The van der Waals surface area contributed by atoms with Crippen LogP contribution in [0.5, 0.6) is 0 Å². The van der Waals surface area contributed by atoms with Crippen LogP contribution in [-0.2, 0) is 10.5 Å². The summed E-state index contributed by atoms with van der Waals surface area (Å²) in [5.41, 5.74) is 1.10. The number of carbonyl (C=O) groups is 1. The first-order valence-corrected chi connectivity index (χ1v) is 9.04. The fourth-order valence-corrected chi connectivity index (χ4v) is 4.09. The van der Waals surface area contributed by atoms with E-state index >= 15 is 0 Å². The van der Waals surface area contributed by atoms with Crippen molar-refractivity contribution in [1.29, 1.82) is 0 Å². The standard InChI is InChI=1S/C14H22N2O2S2/c1-10-3-5-16(13(10)7-17)14(18)4-6-19-8-12-9-20-11(2)15-12/h9-10,13,17H,3-8H2,1-2H3. The molecule has 2 atom stereocenters. The van der Waals surface area contributed by atoms with Crippen molar-refractivity contribution < 1.29 is 9.90 Å². The minimum Gasteiger partial charge on any atom is -0.394 e. The van der Waals surface area contributed by atoms with E-state index in [0.717, 1.165) is 35.2 Å². The first-order chi connectivity index (χ1) is 9.61. The van der Waals surface area contributed by atoms with Crippen LogP contribution in [0.3, 0.4) is 0 Å². The minimum atomic E-state index is 0.0219. The SMILES string of the molecule is Cc1nc(CSCCC(=O)N2CCC(C)C2CO)cs1. The highest BCUT2D eigenvalue weighted by molar-refractivity contribution is 7.98. The van der Waals surface area contributed by atoms with E-state index < -0.39 is 0 Å². The third-order valence-corrected chi connectivity index (χ3v) is 5.58. The summed E-state index contributed by atoms with van der Waals surface area (Å²) in [7, 11) is 0. The molecule has 2 heterocycles. The number of amides is 1. The van der Waals surface area contributed by atoms with Crippen molar-refractivity contribution in [3.8, 4) is 0 Å². The topological polar surface area (TPSA) is 53.4 Å². The Hall–Kier alpha value is -0.590. The van der Waals surface area contributed by atoms with Crippen molar-refractivity contribution in [3.63, 3.8) is 0 Å². The number of aromatic nitrogens is 1. The number of hydrogen-bond donors (Lipinski definition) is 1. The Bertz CT molecular complexity index is 450. The van der Waals surface area contributed by atoms with Crippen LogP contribution in [0.1, 0.15) is 30.5 Å². The Morgan fingerprint density at radius 1 is 1.65 bits per heavy atom. The van der Waals surface area contributed by atoms with Crippen LogP contribution in [0.2, 0.25) is 0 Å². The maximum Gasteiger partial charge on any atom is 0.223 e. The van der Waals surface area contributed by atoms with Gasteiger partial charge in [-0.3, -0.25) is 4.79 Å². The summed E-state index contributed by atoms with van der Waals surface area (Å²) in [6, 6.07) is 0.0219. The largest absolute Gasteiger partial charge is 0.394 e. The van der Waals surface area contributed by atoms with Crippen LogP contribution in [0.25, 0.3) is 0 Å². The van der Waals surface area contributed by atoms with E-state index in [1.165, 1.54) is 0 Å². The number of thiazole rings is 1. The maximum absolute atomic E-state index is 12.2. The molecule has 4 nitrogen and oxygen atoms in total. The van der Waals surface area contributed by atoms with Gasteiger partial charge in [0.1, 0.15) is 0 Å². The minimum absolute atomic E-state index is 0.0219. The van der Waals surface area contributed by atoms with Gasteiger partial charge in [0.05, 0.1) is 23.4 Å². The van der Waals surface area contributed by atoms with E-state index in [9.17, 15) is 9.90 Å². The van der Waals surface area contributed by atoms with E-state index in [4.69, 9.17) is 0 Å². The highest BCUT2D eigenvalue weighted by Gasteiger charge is 2.33. The molecule has 1 aromatic rings. The van der Waals surface area contributed by atoms with E-state index in [1.54, 1.807) is 23.1 Å². The normalized spacial score (nSPS) is 22.4. The van der Waals surface area contributed by atoms with Crippen LogP contribution in [0.4, 0.5) is 0 Å². The third kappa shape index (κ3) is 3.96. The molecule has 1 amide bonds. The average molecular weight is 314 g/mol. The molecule has 1 aromatic heterocycles. The second-order valence-electron chi connectivity index (χ2n) is 5.26. The molecule has 0 aliphatic carbocycles. The summed E-state index contributed by atoms with van der Waals surface area (Å²) >= 11 is 3.42. The maximum atomic E-state index is 12.2. The molecular weight excluding hydrogens is 292 g/mol. The Morgan fingerprint density at radius 3 is 3.10 bits per heavy atom. The number of rotatable bonds is 6. The van der Waals surface area contributed by atoms with Gasteiger partial charge in [0.15, 0.2) is 0 Å². The number of aliphatic hydroxyl groups excluding tert-OH is 1. The molecule has 1 aliphatic rings. The van der Waals surface area contributed by atoms with Crippen molar-refractivity contribution >= 4 is 29.0 Å². The monoisotopic (exact) mass is 314 g/mol. The van der Waals surface area contributed by atoms with Gasteiger partial charge in [0.2, 0.25) is 5.91 Å². The zero-order valence-corrected chi connectivity index (χ0v) is 13.7. The zero-order valence-electron chi connectivity index (χ0n) is 12.0. The van der Waals surface area contributed by atoms with Crippen LogP contribution >= 0.6 is 23.1 Å². The molecule has 2 rings (SSSR count). The molecule has 0 spiro atoms. The van der Waals surface area contributed by atoms with E-state index in [-0.39, 0.29) is 18.6 Å². The molecule has 1 fully saturated rings. The van der Waals surface area contributed by atoms with Gasteiger partial charge in [0.25, 0.3) is 0 Å². The van der Waals surface area contributed by atoms with E-state index in [2.05, 4.69) is 17.3 Å². The molecule has 6 heteroatoms. The molecule has 1 saturated heterocycles. The lowest BCUT2D eigenvalue weighted by atomic mass is 10.0. The summed E-state index contributed by atoms with van der Waals surface area (Å²) < 4.78 is 0. The lowest BCUT2D eigenvalue weighted by molar-refractivity contribution is -0.132. The summed E-state index contributed by atoms with van der Waals surface area (Å²) in [5.74, 6) is 2.28. The van der Waals surface area contributed by atoms with Gasteiger partial charge in [0, 0.05) is 29.9 Å². The number of hydrogen-bond acceptors (Lipinski definition) is 5. The molecule has 1 N–H and O–H groups in total. The van der Waals surface area contributed by atoms with Gasteiger partial charge in [-0.25, -0.2) is 4.98 Å². The fraction of sp³-hybridized carbons (Fsp3) is 0.714. The average Bonchev–Trinajstić information content (AvgIpc) is 3.00. The van der Waals surface area contributed by atoms with Gasteiger partial charge in [-0.05, 0) is 19.3 Å². The Morgan fingerprint density at radius 2 is 2.45 bits per heavy atom. The molecule has 0 saturated carbocycles. The Balaban J connectivity index is 1.70. The fourth-order valence-electron chi connectivity index (χ4n) is 2.55. The van der Waals surface area contributed by atoms with E-state index in [1.807, 2.05) is 11.8 Å². The van der Waals surface area contributed by atoms with Gasteiger partial charge >= 0.3 is 0 Å². The number of aliphatic hydroxyl groups is 1. The highest BCUT2D eigenvalue weighted by atomic mass is 32.2. The van der Waals surface area contributed by atoms with Gasteiger partial charge < -0.3 is 10.0 Å². The zero-order chi connectivity index (χ0) is 14.5. The number of nitrogens with zero attached hydrogens (tertiary/aromatic N) is 2. The molecule has 0 aromatic carbocycles. The van der Waals surface area contributed by atoms with Crippen molar-refractivity contribution in [1.82, 2.24) is 9.88 Å². The molecule has 112 valence electrons. The second-order valence-corrected chi connectivity index (χ2v) is 7.43. The lowest BCUT2D eigenvalue weighted by Crippen LogP contribution is -2.39. The Labute approximate surface area is 128 Å². The summed E-state index contributed by atoms with van der Waals surface area (Å²) in [6.07, 6.45) is 1.55. The van der Waals surface area contributed by atoms with Gasteiger partial charge in [-0.2, -0.15) is 11.8 Å². The molecular formula is C14H22N2O2S2. The van der Waals surface area contributed by atoms with Crippen molar-refractivity contribution in [3.05, 3.63) is 16.1 Å². The molecule has 2 unspecified atom stereocenters.